The van der Waals surface area contributed by atoms with Crippen molar-refractivity contribution < 1.29 is 9.84 Å². The first-order chi connectivity index (χ1) is 7.74. The van der Waals surface area contributed by atoms with Crippen molar-refractivity contribution in [3.8, 4) is 11.8 Å². The maximum atomic E-state index is 10.1. The summed E-state index contributed by atoms with van der Waals surface area (Å²) in [6.07, 6.45) is 0.486. The van der Waals surface area contributed by atoms with Gasteiger partial charge in [-0.05, 0) is 12.5 Å². The van der Waals surface area contributed by atoms with Crippen molar-refractivity contribution in [1.82, 2.24) is 0 Å². The predicted molar refractivity (Wildman–Crippen MR) is 60.1 cm³/mol. The van der Waals surface area contributed by atoms with Gasteiger partial charge in [-0.3, -0.25) is 0 Å². The lowest BCUT2D eigenvalue weighted by atomic mass is 9.72. The normalized spacial score (nSPS) is 25.1. The fraction of sp³-hybridized carbons (Fsp3) is 0.462. The Hall–Kier alpha value is -1.53. The first kappa shape index (κ1) is 11.0. The lowest BCUT2D eigenvalue weighted by Crippen LogP contribution is -2.42. The van der Waals surface area contributed by atoms with Gasteiger partial charge in [-0.15, -0.1) is 0 Å². The number of ether oxygens (including phenoxy) is 1. The maximum Gasteiger partial charge on any atom is 0.124 e. The Morgan fingerprint density at radius 2 is 2.31 bits per heavy atom. The standard InChI is InChI=1S/C13H15NO2/c1-2-12(15)13(9-14)7-8-16-11-6-4-3-5-10(11)13/h3-6,12,15H,2,7-8H2,1H3. The van der Waals surface area contributed by atoms with Gasteiger partial charge in [0.15, 0.2) is 0 Å². The Labute approximate surface area is 95.3 Å². The highest BCUT2D eigenvalue weighted by molar-refractivity contribution is 5.46. The molecule has 84 valence electrons. The van der Waals surface area contributed by atoms with Crippen LogP contribution in [-0.2, 0) is 5.41 Å². The Bertz CT molecular complexity index is 424. The van der Waals surface area contributed by atoms with E-state index in [-0.39, 0.29) is 0 Å². The van der Waals surface area contributed by atoms with E-state index in [4.69, 9.17) is 4.74 Å². The molecule has 0 spiro atoms. The Morgan fingerprint density at radius 1 is 1.56 bits per heavy atom. The molecule has 0 aromatic heterocycles. The summed E-state index contributed by atoms with van der Waals surface area (Å²) in [5.74, 6) is 0.725. The van der Waals surface area contributed by atoms with Gasteiger partial charge in [0.2, 0.25) is 0 Å². The summed E-state index contributed by atoms with van der Waals surface area (Å²) in [6, 6.07) is 9.77. The van der Waals surface area contributed by atoms with Crippen molar-refractivity contribution in [3.63, 3.8) is 0 Å². The van der Waals surface area contributed by atoms with E-state index in [1.807, 2.05) is 31.2 Å². The number of benzene rings is 1. The first-order valence-corrected chi connectivity index (χ1v) is 5.56. The van der Waals surface area contributed by atoms with Gasteiger partial charge in [0.05, 0.1) is 18.8 Å². The molecule has 1 heterocycles. The highest BCUT2D eigenvalue weighted by Gasteiger charge is 2.43. The average molecular weight is 217 g/mol. The molecule has 0 bridgehead atoms. The second kappa shape index (κ2) is 4.15. The highest BCUT2D eigenvalue weighted by atomic mass is 16.5. The van der Waals surface area contributed by atoms with Crippen LogP contribution in [0.4, 0.5) is 0 Å². The predicted octanol–water partition coefficient (Wildman–Crippen LogP) is 2.00. The number of aliphatic hydroxyl groups excluding tert-OH is 1. The van der Waals surface area contributed by atoms with Crippen LogP contribution in [-0.4, -0.2) is 17.8 Å². The van der Waals surface area contributed by atoms with E-state index in [0.29, 0.717) is 19.4 Å². The molecule has 2 atom stereocenters. The smallest absolute Gasteiger partial charge is 0.124 e. The zero-order valence-electron chi connectivity index (χ0n) is 9.31. The van der Waals surface area contributed by atoms with Crippen LogP contribution in [0, 0.1) is 11.3 Å². The van der Waals surface area contributed by atoms with Gasteiger partial charge in [0, 0.05) is 12.0 Å². The number of nitrogens with zero attached hydrogens (tertiary/aromatic N) is 1. The van der Waals surface area contributed by atoms with E-state index < -0.39 is 11.5 Å². The number of fused-ring (bicyclic) bond motifs is 1. The van der Waals surface area contributed by atoms with Crippen LogP contribution in [0.1, 0.15) is 25.3 Å². The summed E-state index contributed by atoms with van der Waals surface area (Å²) in [7, 11) is 0. The van der Waals surface area contributed by atoms with Gasteiger partial charge in [-0.2, -0.15) is 5.26 Å². The second-order valence-corrected chi connectivity index (χ2v) is 4.10. The molecule has 2 rings (SSSR count). The van der Waals surface area contributed by atoms with Crippen LogP contribution in [0.5, 0.6) is 5.75 Å². The molecule has 16 heavy (non-hydrogen) atoms. The summed E-state index contributed by atoms with van der Waals surface area (Å²) in [5, 5.41) is 19.5. The summed E-state index contributed by atoms with van der Waals surface area (Å²) in [6.45, 7) is 2.38. The van der Waals surface area contributed by atoms with Crippen molar-refractivity contribution >= 4 is 0 Å². The molecule has 0 radical (unpaired) electrons. The molecule has 1 aliphatic heterocycles. The quantitative estimate of drug-likeness (QED) is 0.824. The summed E-state index contributed by atoms with van der Waals surface area (Å²) >= 11 is 0. The van der Waals surface area contributed by atoms with Gasteiger partial charge in [0.25, 0.3) is 0 Å². The largest absolute Gasteiger partial charge is 0.493 e. The molecular weight excluding hydrogens is 202 g/mol. The zero-order valence-corrected chi connectivity index (χ0v) is 9.31. The molecule has 0 amide bonds. The first-order valence-electron chi connectivity index (χ1n) is 5.56. The van der Waals surface area contributed by atoms with Crippen molar-refractivity contribution in [1.29, 1.82) is 5.26 Å². The van der Waals surface area contributed by atoms with E-state index >= 15 is 0 Å². The minimum Gasteiger partial charge on any atom is -0.493 e. The average Bonchev–Trinajstić information content (AvgIpc) is 2.37. The molecule has 1 N–H and O–H groups in total. The van der Waals surface area contributed by atoms with E-state index in [1.54, 1.807) is 0 Å². The molecular formula is C13H15NO2. The topological polar surface area (TPSA) is 53.2 Å². The number of rotatable bonds is 2. The van der Waals surface area contributed by atoms with E-state index in [0.717, 1.165) is 11.3 Å². The molecule has 3 nitrogen and oxygen atoms in total. The number of nitriles is 1. The summed E-state index contributed by atoms with van der Waals surface area (Å²) < 4.78 is 5.51. The lowest BCUT2D eigenvalue weighted by Gasteiger charge is -2.36. The Morgan fingerprint density at radius 3 is 3.00 bits per heavy atom. The Balaban J connectivity index is 2.54. The van der Waals surface area contributed by atoms with Gasteiger partial charge >= 0.3 is 0 Å². The number of hydrogen-bond donors (Lipinski definition) is 1. The third kappa shape index (κ3) is 1.46. The SMILES string of the molecule is CCC(O)C1(C#N)CCOc2ccccc21. The number of hydrogen-bond acceptors (Lipinski definition) is 3. The molecule has 0 fully saturated rings. The monoisotopic (exact) mass is 217 g/mol. The van der Waals surface area contributed by atoms with Crippen LogP contribution in [0.3, 0.4) is 0 Å². The second-order valence-electron chi connectivity index (χ2n) is 4.10. The summed E-state index contributed by atoms with van der Waals surface area (Å²) in [4.78, 5) is 0. The van der Waals surface area contributed by atoms with E-state index in [1.165, 1.54) is 0 Å². The molecule has 0 saturated carbocycles. The lowest BCUT2D eigenvalue weighted by molar-refractivity contribution is 0.0778. The molecule has 3 heteroatoms. The zero-order chi connectivity index (χ0) is 11.6. The fourth-order valence-electron chi connectivity index (χ4n) is 2.30. The van der Waals surface area contributed by atoms with Gasteiger partial charge in [-0.1, -0.05) is 25.1 Å². The van der Waals surface area contributed by atoms with Crippen LogP contribution in [0.25, 0.3) is 0 Å². The number of para-hydroxylation sites is 1. The van der Waals surface area contributed by atoms with Crippen LogP contribution < -0.4 is 4.74 Å². The van der Waals surface area contributed by atoms with Crippen molar-refractivity contribution in [2.45, 2.75) is 31.3 Å². The van der Waals surface area contributed by atoms with E-state index in [9.17, 15) is 10.4 Å². The minimum absolute atomic E-state index is 0.488. The van der Waals surface area contributed by atoms with Gasteiger partial charge in [-0.25, -0.2) is 0 Å². The van der Waals surface area contributed by atoms with E-state index in [2.05, 4.69) is 6.07 Å². The van der Waals surface area contributed by atoms with Gasteiger partial charge in [0.1, 0.15) is 11.2 Å². The molecule has 0 saturated heterocycles. The van der Waals surface area contributed by atoms with Crippen molar-refractivity contribution in [3.05, 3.63) is 29.8 Å². The third-order valence-electron chi connectivity index (χ3n) is 3.28. The molecule has 1 aliphatic rings. The summed E-state index contributed by atoms with van der Waals surface area (Å²) in [5.41, 5.74) is 0.0157. The third-order valence-corrected chi connectivity index (χ3v) is 3.28. The highest BCUT2D eigenvalue weighted by Crippen LogP contribution is 2.41. The molecule has 1 aromatic rings. The number of aliphatic hydroxyl groups is 1. The maximum absolute atomic E-state index is 10.1. The van der Waals surface area contributed by atoms with Crippen molar-refractivity contribution in [2.75, 3.05) is 6.61 Å². The minimum atomic E-state index is -0.802. The fourth-order valence-corrected chi connectivity index (χ4v) is 2.30. The molecule has 0 aliphatic carbocycles. The molecule has 2 unspecified atom stereocenters. The van der Waals surface area contributed by atoms with Gasteiger partial charge < -0.3 is 9.84 Å². The van der Waals surface area contributed by atoms with Crippen molar-refractivity contribution in [2.24, 2.45) is 0 Å². The van der Waals surface area contributed by atoms with Crippen LogP contribution in [0.2, 0.25) is 0 Å². The Kier molecular flexibility index (Phi) is 2.84. The van der Waals surface area contributed by atoms with Crippen LogP contribution in [0.15, 0.2) is 24.3 Å². The van der Waals surface area contributed by atoms with Crippen LogP contribution >= 0.6 is 0 Å². The molecule has 1 aromatic carbocycles.